The van der Waals surface area contributed by atoms with Crippen LogP contribution in [0.25, 0.3) is 0 Å². The van der Waals surface area contributed by atoms with Gasteiger partial charge >= 0.3 is 0 Å². The summed E-state index contributed by atoms with van der Waals surface area (Å²) in [6.07, 6.45) is 3.34. The molecule has 1 saturated carbocycles. The molecule has 2 rings (SSSR count). The Labute approximate surface area is 91.3 Å². The molecule has 0 saturated heterocycles. The van der Waals surface area contributed by atoms with Gasteiger partial charge in [0.25, 0.3) is 0 Å². The summed E-state index contributed by atoms with van der Waals surface area (Å²) in [6.45, 7) is 1.70. The molecule has 1 unspecified atom stereocenters. The maximum Gasteiger partial charge on any atom is 0.0692 e. The Balaban J connectivity index is 1.58. The molecular formula is C13H19NO. The van der Waals surface area contributed by atoms with Crippen molar-refractivity contribution in [3.63, 3.8) is 0 Å². The number of hydrogen-bond donors (Lipinski definition) is 2. The van der Waals surface area contributed by atoms with E-state index in [1.165, 1.54) is 18.4 Å². The molecule has 0 radical (unpaired) electrons. The fourth-order valence-electron chi connectivity index (χ4n) is 1.78. The monoisotopic (exact) mass is 205 g/mol. The minimum Gasteiger partial charge on any atom is -0.392 e. The Kier molecular flexibility index (Phi) is 3.75. The van der Waals surface area contributed by atoms with E-state index in [9.17, 15) is 5.11 Å². The van der Waals surface area contributed by atoms with Crippen LogP contribution in [0, 0.1) is 5.92 Å². The molecule has 0 heterocycles. The molecule has 0 amide bonds. The van der Waals surface area contributed by atoms with Crippen molar-refractivity contribution in [1.82, 2.24) is 5.32 Å². The van der Waals surface area contributed by atoms with Crippen molar-refractivity contribution in [2.24, 2.45) is 5.92 Å². The molecule has 2 heteroatoms. The normalized spacial score (nSPS) is 17.7. The number of aliphatic hydroxyl groups excluding tert-OH is 1. The molecule has 1 fully saturated rings. The van der Waals surface area contributed by atoms with Crippen molar-refractivity contribution in [3.8, 4) is 0 Å². The van der Waals surface area contributed by atoms with Crippen LogP contribution in [0.1, 0.15) is 18.4 Å². The summed E-state index contributed by atoms with van der Waals surface area (Å²) in [5.74, 6) is 0.578. The highest BCUT2D eigenvalue weighted by molar-refractivity contribution is 5.14. The fraction of sp³-hybridized carbons (Fsp3) is 0.538. The second-order valence-corrected chi connectivity index (χ2v) is 4.34. The first kappa shape index (κ1) is 10.7. The van der Waals surface area contributed by atoms with Gasteiger partial charge in [-0.25, -0.2) is 0 Å². The van der Waals surface area contributed by atoms with E-state index < -0.39 is 0 Å². The molecule has 0 aliphatic heterocycles. The van der Waals surface area contributed by atoms with Crippen molar-refractivity contribution in [3.05, 3.63) is 35.9 Å². The predicted molar refractivity (Wildman–Crippen MR) is 61.7 cm³/mol. The minimum atomic E-state index is -0.124. The Hall–Kier alpha value is -0.860. The lowest BCUT2D eigenvalue weighted by atomic mass is 10.1. The first-order valence-electron chi connectivity index (χ1n) is 5.79. The van der Waals surface area contributed by atoms with Gasteiger partial charge in [-0.05, 0) is 37.3 Å². The van der Waals surface area contributed by atoms with Gasteiger partial charge in [-0.15, -0.1) is 0 Å². The average Bonchev–Trinajstić information content (AvgIpc) is 3.09. The zero-order valence-electron chi connectivity index (χ0n) is 9.02. The topological polar surface area (TPSA) is 32.3 Å². The van der Waals surface area contributed by atoms with Gasteiger partial charge < -0.3 is 10.4 Å². The van der Waals surface area contributed by atoms with Crippen LogP contribution in [-0.2, 0) is 6.42 Å². The van der Waals surface area contributed by atoms with Crippen LogP contribution in [0.4, 0.5) is 0 Å². The van der Waals surface area contributed by atoms with Gasteiger partial charge in [0.2, 0.25) is 0 Å². The lowest BCUT2D eigenvalue weighted by molar-refractivity contribution is 0.149. The highest BCUT2D eigenvalue weighted by Crippen LogP contribution is 2.32. The van der Waals surface area contributed by atoms with Crippen LogP contribution >= 0.6 is 0 Å². The van der Waals surface area contributed by atoms with Crippen molar-refractivity contribution in [1.29, 1.82) is 0 Å². The number of hydrogen-bond acceptors (Lipinski definition) is 2. The summed E-state index contributed by atoms with van der Waals surface area (Å²) in [7, 11) is 0. The van der Waals surface area contributed by atoms with Gasteiger partial charge in [0.05, 0.1) is 6.10 Å². The minimum absolute atomic E-state index is 0.124. The number of aliphatic hydroxyl groups is 1. The second kappa shape index (κ2) is 5.29. The smallest absolute Gasteiger partial charge is 0.0692 e. The standard InChI is InChI=1S/C13H19NO/c15-13(12-6-7-12)10-14-9-8-11-4-2-1-3-5-11/h1-5,12-15H,6-10H2. The highest BCUT2D eigenvalue weighted by atomic mass is 16.3. The molecule has 1 aliphatic rings. The number of rotatable bonds is 6. The van der Waals surface area contributed by atoms with Gasteiger partial charge in [-0.3, -0.25) is 0 Å². The molecule has 1 atom stereocenters. The SMILES string of the molecule is OC(CNCCc1ccccc1)C1CC1. The van der Waals surface area contributed by atoms with Crippen LogP contribution in [-0.4, -0.2) is 24.3 Å². The van der Waals surface area contributed by atoms with E-state index in [1.54, 1.807) is 0 Å². The van der Waals surface area contributed by atoms with Gasteiger partial charge in [0.1, 0.15) is 0 Å². The van der Waals surface area contributed by atoms with E-state index >= 15 is 0 Å². The van der Waals surface area contributed by atoms with E-state index in [4.69, 9.17) is 0 Å². The van der Waals surface area contributed by atoms with E-state index in [-0.39, 0.29) is 6.10 Å². The van der Waals surface area contributed by atoms with E-state index in [0.29, 0.717) is 5.92 Å². The number of nitrogens with one attached hydrogen (secondary N) is 1. The summed E-state index contributed by atoms with van der Waals surface area (Å²) in [4.78, 5) is 0. The van der Waals surface area contributed by atoms with Crippen molar-refractivity contribution in [2.75, 3.05) is 13.1 Å². The maximum absolute atomic E-state index is 9.62. The lowest BCUT2D eigenvalue weighted by Gasteiger charge is -2.10. The van der Waals surface area contributed by atoms with Crippen LogP contribution in [0.5, 0.6) is 0 Å². The molecule has 2 nitrogen and oxygen atoms in total. The van der Waals surface area contributed by atoms with Crippen molar-refractivity contribution in [2.45, 2.75) is 25.4 Å². The molecule has 1 aliphatic carbocycles. The van der Waals surface area contributed by atoms with Crippen LogP contribution in [0.2, 0.25) is 0 Å². The Morgan fingerprint density at radius 2 is 2.00 bits per heavy atom. The fourth-order valence-corrected chi connectivity index (χ4v) is 1.78. The first-order chi connectivity index (χ1) is 7.36. The summed E-state index contributed by atoms with van der Waals surface area (Å²) < 4.78 is 0. The van der Waals surface area contributed by atoms with E-state index in [0.717, 1.165) is 19.5 Å². The molecule has 0 spiro atoms. The lowest BCUT2D eigenvalue weighted by Crippen LogP contribution is -2.29. The van der Waals surface area contributed by atoms with Gasteiger partial charge in [0.15, 0.2) is 0 Å². The molecule has 15 heavy (non-hydrogen) atoms. The van der Waals surface area contributed by atoms with Crippen LogP contribution in [0.3, 0.4) is 0 Å². The Morgan fingerprint density at radius 1 is 1.27 bits per heavy atom. The largest absolute Gasteiger partial charge is 0.392 e. The van der Waals surface area contributed by atoms with Crippen molar-refractivity contribution < 1.29 is 5.11 Å². The quantitative estimate of drug-likeness (QED) is 0.691. The van der Waals surface area contributed by atoms with Crippen LogP contribution < -0.4 is 5.32 Å². The zero-order chi connectivity index (χ0) is 10.5. The average molecular weight is 205 g/mol. The summed E-state index contributed by atoms with van der Waals surface area (Å²) in [5.41, 5.74) is 1.35. The summed E-state index contributed by atoms with van der Waals surface area (Å²) in [5, 5.41) is 12.9. The summed E-state index contributed by atoms with van der Waals surface area (Å²) in [6, 6.07) is 10.4. The third-order valence-corrected chi connectivity index (χ3v) is 2.95. The Bertz CT molecular complexity index is 282. The molecule has 0 bridgehead atoms. The van der Waals surface area contributed by atoms with Gasteiger partial charge in [0, 0.05) is 6.54 Å². The zero-order valence-corrected chi connectivity index (χ0v) is 9.02. The third-order valence-electron chi connectivity index (χ3n) is 2.95. The van der Waals surface area contributed by atoms with E-state index in [2.05, 4.69) is 29.6 Å². The molecule has 1 aromatic carbocycles. The first-order valence-corrected chi connectivity index (χ1v) is 5.79. The Morgan fingerprint density at radius 3 is 2.67 bits per heavy atom. The van der Waals surface area contributed by atoms with Gasteiger partial charge in [-0.1, -0.05) is 30.3 Å². The predicted octanol–water partition coefficient (Wildman–Crippen LogP) is 1.59. The highest BCUT2D eigenvalue weighted by Gasteiger charge is 2.28. The molecule has 82 valence electrons. The van der Waals surface area contributed by atoms with Gasteiger partial charge in [-0.2, -0.15) is 0 Å². The summed E-state index contributed by atoms with van der Waals surface area (Å²) >= 11 is 0. The second-order valence-electron chi connectivity index (χ2n) is 4.34. The molecular weight excluding hydrogens is 186 g/mol. The molecule has 0 aromatic heterocycles. The van der Waals surface area contributed by atoms with Crippen LogP contribution in [0.15, 0.2) is 30.3 Å². The molecule has 1 aromatic rings. The molecule has 2 N–H and O–H groups in total. The van der Waals surface area contributed by atoms with Crippen molar-refractivity contribution >= 4 is 0 Å². The third kappa shape index (κ3) is 3.65. The maximum atomic E-state index is 9.62. The number of benzene rings is 1. The van der Waals surface area contributed by atoms with E-state index in [1.807, 2.05) is 6.07 Å².